The van der Waals surface area contributed by atoms with Crippen molar-refractivity contribution in [1.82, 2.24) is 20.5 Å². The lowest BCUT2D eigenvalue weighted by Gasteiger charge is -2.22. The SMILES string of the molecule is CC(C)(NC(=O)c1nnc(Cl)s1)c1nccs1. The molecule has 0 atom stereocenters. The average Bonchev–Trinajstić information content (AvgIpc) is 2.86. The Hall–Kier alpha value is -1.05. The minimum atomic E-state index is -0.538. The number of thiazole rings is 1. The maximum absolute atomic E-state index is 11.9. The van der Waals surface area contributed by atoms with Crippen LogP contribution in [0.2, 0.25) is 4.47 Å². The molecule has 0 radical (unpaired) electrons. The van der Waals surface area contributed by atoms with Gasteiger partial charge < -0.3 is 5.32 Å². The molecule has 90 valence electrons. The first-order valence-corrected chi connectivity index (χ1v) is 6.78. The summed E-state index contributed by atoms with van der Waals surface area (Å²) in [6.45, 7) is 3.76. The van der Waals surface area contributed by atoms with Crippen LogP contribution in [0.25, 0.3) is 0 Å². The van der Waals surface area contributed by atoms with Gasteiger partial charge in [-0.15, -0.1) is 21.5 Å². The molecule has 0 fully saturated rings. The monoisotopic (exact) mass is 288 g/mol. The smallest absolute Gasteiger partial charge is 0.283 e. The van der Waals surface area contributed by atoms with Crippen molar-refractivity contribution in [3.63, 3.8) is 0 Å². The van der Waals surface area contributed by atoms with E-state index in [0.717, 1.165) is 16.3 Å². The van der Waals surface area contributed by atoms with Gasteiger partial charge in [-0.3, -0.25) is 4.79 Å². The number of carbonyl (C=O) groups is 1. The number of nitrogens with zero attached hydrogens (tertiary/aromatic N) is 3. The summed E-state index contributed by atoms with van der Waals surface area (Å²) in [5, 5.41) is 13.1. The van der Waals surface area contributed by atoms with Crippen LogP contribution in [0, 0.1) is 0 Å². The maximum atomic E-state index is 11.9. The summed E-state index contributed by atoms with van der Waals surface area (Å²) < 4.78 is 0.252. The Bertz CT molecular complexity index is 523. The number of carbonyl (C=O) groups excluding carboxylic acids is 1. The molecule has 8 heteroatoms. The largest absolute Gasteiger partial charge is 0.339 e. The van der Waals surface area contributed by atoms with Crippen molar-refractivity contribution in [3.05, 3.63) is 26.1 Å². The molecule has 2 aromatic heterocycles. The molecule has 17 heavy (non-hydrogen) atoms. The van der Waals surface area contributed by atoms with Crippen molar-refractivity contribution in [2.75, 3.05) is 0 Å². The highest BCUT2D eigenvalue weighted by molar-refractivity contribution is 7.17. The van der Waals surface area contributed by atoms with Crippen molar-refractivity contribution in [3.8, 4) is 0 Å². The first-order chi connectivity index (χ1) is 7.99. The number of hydrogen-bond acceptors (Lipinski definition) is 6. The summed E-state index contributed by atoms with van der Waals surface area (Å²) >= 11 is 8.17. The Labute approximate surface area is 111 Å². The molecule has 0 saturated carbocycles. The standard InChI is InChI=1S/C9H9ClN4OS2/c1-9(2,7-11-3-4-16-7)12-5(15)6-13-14-8(10)17-6/h3-4H,1-2H3,(H,12,15). The van der Waals surface area contributed by atoms with E-state index >= 15 is 0 Å². The van der Waals surface area contributed by atoms with Crippen LogP contribution in [-0.4, -0.2) is 21.1 Å². The fourth-order valence-corrected chi connectivity index (χ4v) is 2.66. The summed E-state index contributed by atoms with van der Waals surface area (Å²) in [7, 11) is 0. The fourth-order valence-electron chi connectivity index (χ4n) is 1.22. The number of rotatable bonds is 3. The number of aromatic nitrogens is 3. The summed E-state index contributed by atoms with van der Waals surface area (Å²) in [5.74, 6) is -0.297. The molecule has 0 spiro atoms. The zero-order chi connectivity index (χ0) is 12.5. The topological polar surface area (TPSA) is 67.8 Å². The predicted molar refractivity (Wildman–Crippen MR) is 67.5 cm³/mol. The average molecular weight is 289 g/mol. The van der Waals surface area contributed by atoms with Crippen LogP contribution in [0.15, 0.2) is 11.6 Å². The maximum Gasteiger partial charge on any atom is 0.283 e. The first kappa shape index (κ1) is 12.4. The molecule has 2 heterocycles. The number of halogens is 1. The third-order valence-electron chi connectivity index (χ3n) is 1.99. The normalized spacial score (nSPS) is 11.5. The van der Waals surface area contributed by atoms with Crippen LogP contribution >= 0.6 is 34.3 Å². The third-order valence-corrected chi connectivity index (χ3v) is 4.10. The van der Waals surface area contributed by atoms with Crippen molar-refractivity contribution in [2.45, 2.75) is 19.4 Å². The molecule has 0 saturated heterocycles. The molecule has 0 aliphatic carbocycles. The second-order valence-corrected chi connectivity index (χ2v) is 6.23. The fraction of sp³-hybridized carbons (Fsp3) is 0.333. The molecule has 2 aromatic rings. The molecule has 0 unspecified atom stereocenters. The molecule has 1 N–H and O–H groups in total. The highest BCUT2D eigenvalue weighted by atomic mass is 35.5. The Morgan fingerprint density at radius 1 is 1.47 bits per heavy atom. The lowest BCUT2D eigenvalue weighted by atomic mass is 10.1. The van der Waals surface area contributed by atoms with Crippen molar-refractivity contribution >= 4 is 40.2 Å². The van der Waals surface area contributed by atoms with Crippen molar-refractivity contribution in [1.29, 1.82) is 0 Å². The van der Waals surface area contributed by atoms with Crippen LogP contribution in [0.1, 0.15) is 28.7 Å². The molecule has 5 nitrogen and oxygen atoms in total. The van der Waals surface area contributed by atoms with E-state index < -0.39 is 5.54 Å². The second-order valence-electron chi connectivity index (χ2n) is 3.78. The lowest BCUT2D eigenvalue weighted by Crippen LogP contribution is -2.40. The number of hydrogen-bond donors (Lipinski definition) is 1. The number of amides is 1. The first-order valence-electron chi connectivity index (χ1n) is 4.70. The third kappa shape index (κ3) is 2.80. The molecular formula is C9H9ClN4OS2. The van der Waals surface area contributed by atoms with E-state index in [2.05, 4.69) is 20.5 Å². The van der Waals surface area contributed by atoms with Gasteiger partial charge in [-0.05, 0) is 25.4 Å². The van der Waals surface area contributed by atoms with E-state index in [-0.39, 0.29) is 15.4 Å². The van der Waals surface area contributed by atoms with Gasteiger partial charge in [-0.2, -0.15) is 0 Å². The zero-order valence-corrected chi connectivity index (χ0v) is 11.5. The van der Waals surface area contributed by atoms with E-state index in [1.165, 1.54) is 11.3 Å². The van der Waals surface area contributed by atoms with Crippen LogP contribution in [0.3, 0.4) is 0 Å². The number of nitrogens with one attached hydrogen (secondary N) is 1. The zero-order valence-electron chi connectivity index (χ0n) is 9.10. The van der Waals surface area contributed by atoms with Gasteiger partial charge in [0.15, 0.2) is 0 Å². The molecule has 0 bridgehead atoms. The minimum Gasteiger partial charge on any atom is -0.339 e. The van der Waals surface area contributed by atoms with Gasteiger partial charge in [-0.25, -0.2) is 4.98 Å². The minimum absolute atomic E-state index is 0.250. The molecular weight excluding hydrogens is 280 g/mol. The lowest BCUT2D eigenvalue weighted by molar-refractivity contribution is 0.0911. The van der Waals surface area contributed by atoms with Gasteiger partial charge in [0.1, 0.15) is 5.01 Å². The molecule has 0 aromatic carbocycles. The van der Waals surface area contributed by atoms with E-state index in [1.54, 1.807) is 6.20 Å². The van der Waals surface area contributed by atoms with E-state index in [4.69, 9.17) is 11.6 Å². The Morgan fingerprint density at radius 3 is 2.76 bits per heavy atom. The highest BCUT2D eigenvalue weighted by Crippen LogP contribution is 2.23. The van der Waals surface area contributed by atoms with Crippen LogP contribution in [-0.2, 0) is 5.54 Å². The summed E-state index contributed by atoms with van der Waals surface area (Å²) in [6, 6.07) is 0. The van der Waals surface area contributed by atoms with Crippen LogP contribution < -0.4 is 5.32 Å². The molecule has 0 aliphatic rings. The highest BCUT2D eigenvalue weighted by Gasteiger charge is 2.27. The van der Waals surface area contributed by atoms with Gasteiger partial charge in [0.2, 0.25) is 9.47 Å². The van der Waals surface area contributed by atoms with Crippen molar-refractivity contribution < 1.29 is 4.79 Å². The van der Waals surface area contributed by atoms with Crippen molar-refractivity contribution in [2.24, 2.45) is 0 Å². The summed E-state index contributed by atoms with van der Waals surface area (Å²) in [6.07, 6.45) is 1.70. The van der Waals surface area contributed by atoms with Gasteiger partial charge in [0.05, 0.1) is 5.54 Å². The van der Waals surface area contributed by atoms with E-state index in [1.807, 2.05) is 19.2 Å². The second kappa shape index (κ2) is 4.67. The molecule has 0 aliphatic heterocycles. The van der Waals surface area contributed by atoms with Gasteiger partial charge in [0.25, 0.3) is 5.91 Å². The summed E-state index contributed by atoms with van der Waals surface area (Å²) in [5.41, 5.74) is -0.538. The van der Waals surface area contributed by atoms with Crippen LogP contribution in [0.5, 0.6) is 0 Å². The van der Waals surface area contributed by atoms with E-state index in [0.29, 0.717) is 0 Å². The molecule has 1 amide bonds. The van der Waals surface area contributed by atoms with E-state index in [9.17, 15) is 4.79 Å². The predicted octanol–water partition coefficient (Wildman–Crippen LogP) is 2.31. The van der Waals surface area contributed by atoms with Gasteiger partial charge in [0, 0.05) is 11.6 Å². The van der Waals surface area contributed by atoms with Gasteiger partial charge in [-0.1, -0.05) is 11.3 Å². The quantitative estimate of drug-likeness (QED) is 0.941. The van der Waals surface area contributed by atoms with Gasteiger partial charge >= 0.3 is 0 Å². The Kier molecular flexibility index (Phi) is 3.41. The Balaban J connectivity index is 2.13. The van der Waals surface area contributed by atoms with Crippen LogP contribution in [0.4, 0.5) is 0 Å². The Morgan fingerprint density at radius 2 is 2.24 bits per heavy atom. The molecule has 2 rings (SSSR count). The summed E-state index contributed by atoms with van der Waals surface area (Å²) in [4.78, 5) is 16.1.